The van der Waals surface area contributed by atoms with Gasteiger partial charge in [0.2, 0.25) is 0 Å². The summed E-state index contributed by atoms with van der Waals surface area (Å²) in [5.41, 5.74) is 6.63. The summed E-state index contributed by atoms with van der Waals surface area (Å²) in [7, 11) is 0. The predicted molar refractivity (Wildman–Crippen MR) is 75.7 cm³/mol. The van der Waals surface area contributed by atoms with E-state index in [9.17, 15) is 0 Å². The molecule has 0 bridgehead atoms. The molecule has 96 valence electrons. The molecule has 0 spiro atoms. The summed E-state index contributed by atoms with van der Waals surface area (Å²) in [5.74, 6) is 0.848. The molecule has 3 nitrogen and oxygen atoms in total. The molecule has 0 atom stereocenters. The molecular formula is C13H22ClN3. The molecule has 0 aliphatic heterocycles. The average molecular weight is 256 g/mol. The van der Waals surface area contributed by atoms with E-state index in [4.69, 9.17) is 17.3 Å². The molecule has 0 fully saturated rings. The van der Waals surface area contributed by atoms with Crippen molar-refractivity contribution in [2.45, 2.75) is 46.1 Å². The molecule has 17 heavy (non-hydrogen) atoms. The van der Waals surface area contributed by atoms with Gasteiger partial charge in [-0.25, -0.2) is 4.98 Å². The normalized spacial score (nSPS) is 10.9. The zero-order valence-electron chi connectivity index (χ0n) is 10.9. The summed E-state index contributed by atoms with van der Waals surface area (Å²) < 4.78 is 0. The third-order valence-electron chi connectivity index (χ3n) is 2.76. The molecule has 0 radical (unpaired) electrons. The zero-order valence-corrected chi connectivity index (χ0v) is 11.7. The van der Waals surface area contributed by atoms with Gasteiger partial charge in [-0.15, -0.1) is 0 Å². The molecule has 0 amide bonds. The van der Waals surface area contributed by atoms with Gasteiger partial charge in [0.25, 0.3) is 0 Å². The second-order valence-corrected chi connectivity index (χ2v) is 5.00. The van der Waals surface area contributed by atoms with E-state index in [2.05, 4.69) is 30.7 Å². The Bertz CT molecular complexity index is 353. The highest BCUT2D eigenvalue weighted by Crippen LogP contribution is 2.25. The Balaban J connectivity index is 2.82. The fourth-order valence-corrected chi connectivity index (χ4v) is 1.99. The number of aromatic nitrogens is 1. The molecule has 0 aromatic carbocycles. The van der Waals surface area contributed by atoms with Crippen molar-refractivity contribution in [1.29, 1.82) is 0 Å². The number of rotatable bonds is 6. The smallest absolute Gasteiger partial charge is 0.152 e. The Morgan fingerprint density at radius 3 is 2.65 bits per heavy atom. The van der Waals surface area contributed by atoms with E-state index in [1.54, 1.807) is 12.3 Å². The molecule has 1 aromatic rings. The summed E-state index contributed by atoms with van der Waals surface area (Å²) in [6, 6.07) is 2.15. The first-order valence-corrected chi connectivity index (χ1v) is 6.61. The van der Waals surface area contributed by atoms with Crippen LogP contribution in [-0.2, 0) is 0 Å². The third-order valence-corrected chi connectivity index (χ3v) is 2.97. The number of hydrogen-bond donors (Lipinski definition) is 1. The minimum atomic E-state index is 0.392. The van der Waals surface area contributed by atoms with Crippen LogP contribution in [0.15, 0.2) is 12.3 Å². The van der Waals surface area contributed by atoms with Crippen molar-refractivity contribution in [3.63, 3.8) is 0 Å². The second kappa shape index (κ2) is 6.70. The number of nitrogens with two attached hydrogens (primary N) is 1. The molecule has 2 N–H and O–H groups in total. The van der Waals surface area contributed by atoms with Gasteiger partial charge in [0, 0.05) is 18.8 Å². The van der Waals surface area contributed by atoms with Crippen LogP contribution in [0.3, 0.4) is 0 Å². The number of anilines is 2. The molecular weight excluding hydrogens is 234 g/mol. The van der Waals surface area contributed by atoms with Gasteiger partial charge in [-0.05, 0) is 26.3 Å². The van der Waals surface area contributed by atoms with Gasteiger partial charge in [0.1, 0.15) is 0 Å². The lowest BCUT2D eigenvalue weighted by atomic mass is 10.2. The first kappa shape index (κ1) is 14.1. The highest BCUT2D eigenvalue weighted by Gasteiger charge is 2.14. The van der Waals surface area contributed by atoms with Crippen LogP contribution < -0.4 is 10.6 Å². The second-order valence-electron chi connectivity index (χ2n) is 4.56. The fraction of sp³-hybridized carbons (Fsp3) is 0.615. The first-order chi connectivity index (χ1) is 8.06. The molecule has 0 saturated heterocycles. The lowest BCUT2D eigenvalue weighted by Crippen LogP contribution is -2.33. The minimum Gasteiger partial charge on any atom is -0.396 e. The van der Waals surface area contributed by atoms with E-state index in [1.165, 1.54) is 19.3 Å². The topological polar surface area (TPSA) is 42.2 Å². The Morgan fingerprint density at radius 1 is 1.41 bits per heavy atom. The van der Waals surface area contributed by atoms with Crippen molar-refractivity contribution < 1.29 is 0 Å². The van der Waals surface area contributed by atoms with Crippen molar-refractivity contribution in [1.82, 2.24) is 4.98 Å². The number of unbranched alkanes of at least 4 members (excludes halogenated alkanes) is 2. The summed E-state index contributed by atoms with van der Waals surface area (Å²) in [6.07, 6.45) is 5.27. The number of hydrogen-bond acceptors (Lipinski definition) is 3. The van der Waals surface area contributed by atoms with Crippen molar-refractivity contribution in [2.75, 3.05) is 17.2 Å². The van der Waals surface area contributed by atoms with Crippen molar-refractivity contribution in [2.24, 2.45) is 0 Å². The van der Waals surface area contributed by atoms with E-state index < -0.39 is 0 Å². The quantitative estimate of drug-likeness (QED) is 0.788. The van der Waals surface area contributed by atoms with Gasteiger partial charge < -0.3 is 10.6 Å². The molecule has 0 aliphatic carbocycles. The lowest BCUT2D eigenvalue weighted by molar-refractivity contribution is 0.620. The van der Waals surface area contributed by atoms with Crippen LogP contribution in [0.1, 0.15) is 40.0 Å². The van der Waals surface area contributed by atoms with E-state index >= 15 is 0 Å². The average Bonchev–Trinajstić information content (AvgIpc) is 2.25. The van der Waals surface area contributed by atoms with E-state index in [0.717, 1.165) is 12.4 Å². The van der Waals surface area contributed by atoms with Gasteiger partial charge in [0.05, 0.1) is 10.7 Å². The van der Waals surface area contributed by atoms with Crippen LogP contribution in [0.2, 0.25) is 5.02 Å². The third kappa shape index (κ3) is 4.08. The predicted octanol–water partition coefficient (Wildman–Crippen LogP) is 3.72. The number of halogens is 1. The Hall–Kier alpha value is -0.960. The van der Waals surface area contributed by atoms with Gasteiger partial charge in [0.15, 0.2) is 5.82 Å². The van der Waals surface area contributed by atoms with Crippen LogP contribution in [0.4, 0.5) is 11.5 Å². The maximum Gasteiger partial charge on any atom is 0.152 e. The van der Waals surface area contributed by atoms with Crippen LogP contribution >= 0.6 is 11.6 Å². The van der Waals surface area contributed by atoms with Crippen LogP contribution in [0.5, 0.6) is 0 Å². The number of pyridine rings is 1. The van der Waals surface area contributed by atoms with Crippen molar-refractivity contribution in [3.8, 4) is 0 Å². The Morgan fingerprint density at radius 2 is 2.12 bits per heavy atom. The molecule has 0 unspecified atom stereocenters. The summed E-state index contributed by atoms with van der Waals surface area (Å²) in [5, 5.41) is 0.587. The zero-order chi connectivity index (χ0) is 12.8. The van der Waals surface area contributed by atoms with Crippen molar-refractivity contribution in [3.05, 3.63) is 17.3 Å². The molecule has 1 aromatic heterocycles. The molecule has 1 rings (SSSR count). The maximum absolute atomic E-state index is 5.98. The van der Waals surface area contributed by atoms with Crippen LogP contribution in [-0.4, -0.2) is 17.6 Å². The van der Waals surface area contributed by atoms with Gasteiger partial charge in [-0.3, -0.25) is 0 Å². The number of nitrogen functional groups attached to an aromatic ring is 1. The van der Waals surface area contributed by atoms with Crippen molar-refractivity contribution >= 4 is 23.1 Å². The highest BCUT2D eigenvalue weighted by molar-refractivity contribution is 6.30. The highest BCUT2D eigenvalue weighted by atomic mass is 35.5. The van der Waals surface area contributed by atoms with E-state index in [0.29, 0.717) is 16.8 Å². The Labute approximate surface area is 109 Å². The van der Waals surface area contributed by atoms with Gasteiger partial charge in [-0.1, -0.05) is 31.4 Å². The SMILES string of the molecule is CCCCCN(c1ncc(Cl)cc1N)C(C)C. The summed E-state index contributed by atoms with van der Waals surface area (Å²) in [6.45, 7) is 7.50. The minimum absolute atomic E-state index is 0.392. The largest absolute Gasteiger partial charge is 0.396 e. The fourth-order valence-electron chi connectivity index (χ4n) is 1.83. The Kier molecular flexibility index (Phi) is 5.56. The van der Waals surface area contributed by atoms with E-state index in [-0.39, 0.29) is 0 Å². The molecule has 1 heterocycles. The molecule has 0 aliphatic rings. The molecule has 4 heteroatoms. The molecule has 0 saturated carbocycles. The van der Waals surface area contributed by atoms with Gasteiger partial charge in [-0.2, -0.15) is 0 Å². The van der Waals surface area contributed by atoms with E-state index in [1.807, 2.05) is 0 Å². The van der Waals surface area contributed by atoms with Gasteiger partial charge >= 0.3 is 0 Å². The van der Waals surface area contributed by atoms with Crippen LogP contribution in [0, 0.1) is 0 Å². The first-order valence-electron chi connectivity index (χ1n) is 6.24. The summed E-state index contributed by atoms with van der Waals surface area (Å²) >= 11 is 5.87. The van der Waals surface area contributed by atoms with Crippen LogP contribution in [0.25, 0.3) is 0 Å². The standard InChI is InChI=1S/C13H22ClN3/c1-4-5-6-7-17(10(2)3)13-12(15)8-11(14)9-16-13/h8-10H,4-7,15H2,1-3H3. The summed E-state index contributed by atoms with van der Waals surface area (Å²) in [4.78, 5) is 6.58. The number of nitrogens with zero attached hydrogens (tertiary/aromatic N) is 2. The maximum atomic E-state index is 5.98. The lowest BCUT2D eigenvalue weighted by Gasteiger charge is -2.29. The monoisotopic (exact) mass is 255 g/mol.